The molecular weight excluding hydrogens is 550 g/mol. The number of nitrogens with one attached hydrogen (secondary N) is 1. The molecule has 202 valence electrons. The number of ether oxygens (including phenoxy) is 4. The molecule has 8 heteroatoms. The van der Waals surface area contributed by atoms with Crippen molar-refractivity contribution in [1.29, 1.82) is 0 Å². The molecule has 2 aromatic carbocycles. The maximum Gasteiger partial charge on any atom is 0.336 e. The number of halogens is 1. The lowest BCUT2D eigenvalue weighted by atomic mass is 9.71. The van der Waals surface area contributed by atoms with Gasteiger partial charge in [0.1, 0.15) is 5.75 Å². The van der Waals surface area contributed by atoms with Crippen LogP contribution in [0.4, 0.5) is 0 Å². The highest BCUT2D eigenvalue weighted by Gasteiger charge is 2.42. The molecule has 0 saturated carbocycles. The summed E-state index contributed by atoms with van der Waals surface area (Å²) in [6.45, 7) is 4.24. The summed E-state index contributed by atoms with van der Waals surface area (Å²) in [5.41, 5.74) is 4.26. The van der Waals surface area contributed by atoms with Crippen LogP contribution in [0.1, 0.15) is 62.5 Å². The summed E-state index contributed by atoms with van der Waals surface area (Å²) in [6.07, 6.45) is 2.60. The first-order valence-corrected chi connectivity index (χ1v) is 13.6. The van der Waals surface area contributed by atoms with Crippen LogP contribution in [0.5, 0.6) is 17.2 Å². The van der Waals surface area contributed by atoms with Crippen LogP contribution in [0.25, 0.3) is 0 Å². The Kier molecular flexibility index (Phi) is 8.82. The van der Waals surface area contributed by atoms with Crippen molar-refractivity contribution in [3.63, 3.8) is 0 Å². The average molecular weight is 585 g/mol. The van der Waals surface area contributed by atoms with Crippen molar-refractivity contribution >= 4 is 27.7 Å². The molecule has 0 unspecified atom stereocenters. The van der Waals surface area contributed by atoms with E-state index in [0.29, 0.717) is 53.5 Å². The van der Waals surface area contributed by atoms with E-state index in [2.05, 4.69) is 21.2 Å². The van der Waals surface area contributed by atoms with Gasteiger partial charge >= 0.3 is 5.97 Å². The summed E-state index contributed by atoms with van der Waals surface area (Å²) in [6, 6.07) is 11.4. The minimum atomic E-state index is -0.605. The maximum atomic E-state index is 13.9. The van der Waals surface area contributed by atoms with Crippen molar-refractivity contribution in [1.82, 2.24) is 5.32 Å². The number of benzene rings is 2. The van der Waals surface area contributed by atoms with Crippen molar-refractivity contribution in [3.05, 3.63) is 74.5 Å². The Bertz CT molecular complexity index is 1300. The fourth-order valence-corrected chi connectivity index (χ4v) is 5.66. The van der Waals surface area contributed by atoms with Gasteiger partial charge in [-0.15, -0.1) is 0 Å². The molecule has 1 N–H and O–H groups in total. The van der Waals surface area contributed by atoms with E-state index < -0.39 is 11.9 Å². The van der Waals surface area contributed by atoms with Gasteiger partial charge in [0.2, 0.25) is 0 Å². The molecule has 0 radical (unpaired) electrons. The Morgan fingerprint density at radius 2 is 1.71 bits per heavy atom. The first-order valence-electron chi connectivity index (χ1n) is 12.8. The van der Waals surface area contributed by atoms with Crippen molar-refractivity contribution in [2.75, 3.05) is 27.9 Å². The highest BCUT2D eigenvalue weighted by Crippen LogP contribution is 2.48. The zero-order valence-electron chi connectivity index (χ0n) is 22.5. The second-order valence-corrected chi connectivity index (χ2v) is 10.4. The summed E-state index contributed by atoms with van der Waals surface area (Å²) >= 11 is 3.56. The van der Waals surface area contributed by atoms with Gasteiger partial charge in [0, 0.05) is 33.4 Å². The summed E-state index contributed by atoms with van der Waals surface area (Å²) in [4.78, 5) is 27.3. The number of allylic oxidation sites excluding steroid dienone is 3. The van der Waals surface area contributed by atoms with E-state index in [-0.39, 0.29) is 11.7 Å². The van der Waals surface area contributed by atoms with Crippen LogP contribution in [-0.4, -0.2) is 39.7 Å². The number of hydrogen-bond donors (Lipinski definition) is 1. The zero-order chi connectivity index (χ0) is 27.4. The lowest BCUT2D eigenvalue weighted by Crippen LogP contribution is -2.36. The molecule has 1 aliphatic heterocycles. The Balaban J connectivity index is 1.79. The number of carbonyl (C=O) groups excluding carboxylic acids is 2. The number of carbonyl (C=O) groups is 2. The van der Waals surface area contributed by atoms with Crippen LogP contribution in [-0.2, 0) is 14.3 Å². The van der Waals surface area contributed by atoms with E-state index in [0.717, 1.165) is 34.1 Å². The van der Waals surface area contributed by atoms with Gasteiger partial charge in [-0.1, -0.05) is 35.3 Å². The predicted octanol–water partition coefficient (Wildman–Crippen LogP) is 6.18. The lowest BCUT2D eigenvalue weighted by molar-refractivity contribution is -0.139. The first kappa shape index (κ1) is 27.8. The molecule has 1 heterocycles. The minimum Gasteiger partial charge on any atom is -0.496 e. The van der Waals surface area contributed by atoms with Gasteiger partial charge < -0.3 is 24.3 Å². The molecule has 0 bridgehead atoms. The van der Waals surface area contributed by atoms with Gasteiger partial charge in [-0.3, -0.25) is 4.79 Å². The number of methoxy groups -OCH3 is 3. The molecule has 2 aliphatic rings. The molecule has 0 saturated heterocycles. The van der Waals surface area contributed by atoms with E-state index in [1.54, 1.807) is 21.3 Å². The quantitative estimate of drug-likeness (QED) is 0.279. The zero-order valence-corrected chi connectivity index (χ0v) is 24.1. The van der Waals surface area contributed by atoms with Gasteiger partial charge in [-0.05, 0) is 61.6 Å². The van der Waals surface area contributed by atoms with Crippen LogP contribution < -0.4 is 19.5 Å². The van der Waals surface area contributed by atoms with E-state index in [9.17, 15) is 9.59 Å². The summed E-state index contributed by atoms with van der Waals surface area (Å²) in [5, 5.41) is 3.40. The molecule has 2 aromatic rings. The third-order valence-electron chi connectivity index (χ3n) is 7.16. The fraction of sp³-hybridized carbons (Fsp3) is 0.400. The molecule has 2 atom stereocenters. The van der Waals surface area contributed by atoms with Crippen LogP contribution in [0.15, 0.2) is 63.4 Å². The van der Waals surface area contributed by atoms with Gasteiger partial charge in [0.25, 0.3) is 0 Å². The van der Waals surface area contributed by atoms with Crippen molar-refractivity contribution < 1.29 is 28.5 Å². The third-order valence-corrected chi connectivity index (χ3v) is 7.65. The van der Waals surface area contributed by atoms with Gasteiger partial charge in [0.05, 0.1) is 39.4 Å². The Labute approximate surface area is 232 Å². The van der Waals surface area contributed by atoms with Crippen molar-refractivity contribution in [3.8, 4) is 17.2 Å². The number of hydrogen-bond acceptors (Lipinski definition) is 7. The molecule has 7 nitrogen and oxygen atoms in total. The number of unbranched alkanes of at least 4 members (excludes halogenated alkanes) is 1. The average Bonchev–Trinajstić information content (AvgIpc) is 2.91. The minimum absolute atomic E-state index is 0.0167. The van der Waals surface area contributed by atoms with Gasteiger partial charge in [-0.2, -0.15) is 0 Å². The number of Topliss-reactive ketones (excluding diaryl/α,β-unsaturated/α-hetero) is 1. The van der Waals surface area contributed by atoms with Crippen LogP contribution in [0, 0.1) is 0 Å². The second-order valence-electron chi connectivity index (χ2n) is 9.51. The standard InChI is InChI=1S/C30H34BrNO6/c1-6-7-12-38-30(34)27-17(2)32-22-13-19(18-8-10-25(36-4)26(15-18)37-5)14-23(33)29(22)28(27)21-16-20(31)9-11-24(21)35-3/h8-11,15-16,19,28,32H,6-7,12-14H2,1-5H3/t19-,28-/m1/s1. The predicted molar refractivity (Wildman–Crippen MR) is 149 cm³/mol. The summed E-state index contributed by atoms with van der Waals surface area (Å²) in [7, 11) is 4.79. The van der Waals surface area contributed by atoms with Crippen molar-refractivity contribution in [2.45, 2.75) is 51.4 Å². The lowest BCUT2D eigenvalue weighted by Gasteiger charge is -2.37. The molecular formula is C30H34BrNO6. The molecule has 0 spiro atoms. The second kappa shape index (κ2) is 12.1. The van der Waals surface area contributed by atoms with Crippen molar-refractivity contribution in [2.24, 2.45) is 0 Å². The van der Waals surface area contributed by atoms with Crippen LogP contribution in [0.2, 0.25) is 0 Å². The normalized spacial score (nSPS) is 19.1. The van der Waals surface area contributed by atoms with E-state index in [1.165, 1.54) is 0 Å². The van der Waals surface area contributed by atoms with Crippen LogP contribution in [0.3, 0.4) is 0 Å². The van der Waals surface area contributed by atoms with Crippen LogP contribution >= 0.6 is 15.9 Å². The molecule has 1 aliphatic carbocycles. The monoisotopic (exact) mass is 583 g/mol. The molecule has 38 heavy (non-hydrogen) atoms. The number of ketones is 1. The number of dihydropyridines is 1. The summed E-state index contributed by atoms with van der Waals surface area (Å²) in [5.74, 6) is 0.776. The number of esters is 1. The molecule has 4 rings (SSSR count). The summed E-state index contributed by atoms with van der Waals surface area (Å²) < 4.78 is 23.1. The topological polar surface area (TPSA) is 83.1 Å². The van der Waals surface area contributed by atoms with E-state index in [4.69, 9.17) is 18.9 Å². The molecule has 0 fully saturated rings. The Hall–Kier alpha value is -3.26. The molecule has 0 amide bonds. The highest BCUT2D eigenvalue weighted by molar-refractivity contribution is 9.10. The number of rotatable bonds is 9. The fourth-order valence-electron chi connectivity index (χ4n) is 5.28. The Morgan fingerprint density at radius 3 is 2.39 bits per heavy atom. The van der Waals surface area contributed by atoms with Gasteiger partial charge in [0.15, 0.2) is 17.3 Å². The highest BCUT2D eigenvalue weighted by atomic mass is 79.9. The van der Waals surface area contributed by atoms with E-state index >= 15 is 0 Å². The first-order chi connectivity index (χ1) is 18.3. The SMILES string of the molecule is CCCCOC(=O)C1=C(C)NC2=C(C(=O)C[C@H](c3ccc(OC)c(OC)c3)C2)[C@@H]1c1cc(Br)ccc1OC. The van der Waals surface area contributed by atoms with Gasteiger partial charge in [-0.25, -0.2) is 4.79 Å². The maximum absolute atomic E-state index is 13.9. The Morgan fingerprint density at radius 1 is 1.00 bits per heavy atom. The largest absolute Gasteiger partial charge is 0.496 e. The van der Waals surface area contributed by atoms with E-state index in [1.807, 2.05) is 50.2 Å². The smallest absolute Gasteiger partial charge is 0.336 e. The molecule has 0 aromatic heterocycles. The third kappa shape index (κ3) is 5.46.